The lowest BCUT2D eigenvalue weighted by molar-refractivity contribution is -0.115. The Hall–Kier alpha value is -1.07. The SMILES string of the molecule is CCc1c(C)sc(NC(=O)CCCl)c1C(N)=O. The lowest BCUT2D eigenvalue weighted by Crippen LogP contribution is -2.17. The van der Waals surface area contributed by atoms with Crippen molar-refractivity contribution in [3.63, 3.8) is 0 Å². The minimum absolute atomic E-state index is 0.202. The number of primary amides is 1. The van der Waals surface area contributed by atoms with E-state index in [4.69, 9.17) is 17.3 Å². The Balaban J connectivity index is 3.07. The predicted molar refractivity (Wildman–Crippen MR) is 70.9 cm³/mol. The summed E-state index contributed by atoms with van der Waals surface area (Å²) in [5.41, 5.74) is 6.68. The minimum atomic E-state index is -0.507. The van der Waals surface area contributed by atoms with E-state index < -0.39 is 5.91 Å². The van der Waals surface area contributed by atoms with E-state index in [1.807, 2.05) is 13.8 Å². The van der Waals surface area contributed by atoms with Gasteiger partial charge in [0.15, 0.2) is 0 Å². The van der Waals surface area contributed by atoms with Crippen molar-refractivity contribution >= 4 is 39.8 Å². The van der Waals surface area contributed by atoms with Crippen molar-refractivity contribution in [2.24, 2.45) is 5.73 Å². The standard InChI is InChI=1S/C11H15ClN2O2S/c1-3-7-6(2)17-11(9(7)10(13)16)14-8(15)4-5-12/h3-5H2,1-2H3,(H2,13,16)(H,14,15). The predicted octanol–water partition coefficient (Wildman–Crippen LogP) is 2.29. The van der Waals surface area contributed by atoms with Gasteiger partial charge in [-0.25, -0.2) is 0 Å². The molecule has 1 aromatic heterocycles. The molecule has 1 rings (SSSR count). The number of hydrogen-bond acceptors (Lipinski definition) is 3. The van der Waals surface area contributed by atoms with Crippen molar-refractivity contribution < 1.29 is 9.59 Å². The number of thiophene rings is 1. The van der Waals surface area contributed by atoms with E-state index in [0.717, 1.165) is 10.4 Å². The summed E-state index contributed by atoms with van der Waals surface area (Å²) < 4.78 is 0. The highest BCUT2D eigenvalue weighted by molar-refractivity contribution is 7.16. The summed E-state index contributed by atoms with van der Waals surface area (Å²) in [6.07, 6.45) is 0.935. The monoisotopic (exact) mass is 274 g/mol. The molecule has 0 aliphatic heterocycles. The first kappa shape index (κ1) is 14.0. The third-order valence-corrected chi connectivity index (χ3v) is 3.64. The van der Waals surface area contributed by atoms with Crippen molar-refractivity contribution in [1.29, 1.82) is 0 Å². The molecule has 0 aromatic carbocycles. The molecule has 1 heterocycles. The van der Waals surface area contributed by atoms with Gasteiger partial charge in [-0.05, 0) is 18.9 Å². The van der Waals surface area contributed by atoms with Gasteiger partial charge in [-0.1, -0.05) is 6.92 Å². The number of nitrogens with two attached hydrogens (primary N) is 1. The van der Waals surface area contributed by atoms with E-state index in [1.54, 1.807) is 0 Å². The molecule has 0 unspecified atom stereocenters. The minimum Gasteiger partial charge on any atom is -0.365 e. The summed E-state index contributed by atoms with van der Waals surface area (Å²) in [5.74, 6) is -0.457. The van der Waals surface area contributed by atoms with Crippen molar-refractivity contribution in [1.82, 2.24) is 0 Å². The Labute approximate surface area is 109 Å². The van der Waals surface area contributed by atoms with E-state index in [2.05, 4.69) is 5.32 Å². The lowest BCUT2D eigenvalue weighted by Gasteiger charge is -2.04. The van der Waals surface area contributed by atoms with Crippen LogP contribution in [0.1, 0.15) is 34.1 Å². The molecule has 0 aliphatic carbocycles. The summed E-state index contributed by atoms with van der Waals surface area (Å²) in [4.78, 5) is 23.9. The first-order chi connectivity index (χ1) is 8.01. The second kappa shape index (κ2) is 6.02. The third kappa shape index (κ3) is 3.20. The number of hydrogen-bond donors (Lipinski definition) is 2. The molecule has 0 radical (unpaired) electrons. The molecular weight excluding hydrogens is 260 g/mol. The third-order valence-electron chi connectivity index (χ3n) is 2.38. The number of halogens is 1. The number of rotatable bonds is 5. The molecule has 17 heavy (non-hydrogen) atoms. The summed E-state index contributed by atoms with van der Waals surface area (Å²) in [7, 11) is 0. The van der Waals surface area contributed by atoms with Gasteiger partial charge in [-0.3, -0.25) is 9.59 Å². The van der Waals surface area contributed by atoms with Crippen LogP contribution in [0.15, 0.2) is 0 Å². The highest BCUT2D eigenvalue weighted by Crippen LogP contribution is 2.33. The van der Waals surface area contributed by atoms with E-state index in [9.17, 15) is 9.59 Å². The number of alkyl halides is 1. The van der Waals surface area contributed by atoms with Gasteiger partial charge in [0.05, 0.1) is 5.56 Å². The Kier molecular flexibility index (Phi) is 4.96. The van der Waals surface area contributed by atoms with Crippen molar-refractivity contribution in [2.45, 2.75) is 26.7 Å². The molecule has 4 nitrogen and oxygen atoms in total. The average molecular weight is 275 g/mol. The van der Waals surface area contributed by atoms with Crippen LogP contribution in [0.5, 0.6) is 0 Å². The summed E-state index contributed by atoms with van der Waals surface area (Å²) >= 11 is 6.85. The maximum atomic E-state index is 11.5. The number of carbonyl (C=O) groups excluding carboxylic acids is 2. The van der Waals surface area contributed by atoms with Crippen molar-refractivity contribution in [3.8, 4) is 0 Å². The van der Waals surface area contributed by atoms with Gasteiger partial charge in [0, 0.05) is 17.2 Å². The van der Waals surface area contributed by atoms with Crippen LogP contribution in [-0.2, 0) is 11.2 Å². The first-order valence-electron chi connectivity index (χ1n) is 5.29. The van der Waals surface area contributed by atoms with Gasteiger partial charge in [0.25, 0.3) is 5.91 Å². The zero-order valence-electron chi connectivity index (χ0n) is 9.80. The second-order valence-electron chi connectivity index (χ2n) is 3.55. The smallest absolute Gasteiger partial charge is 0.251 e. The van der Waals surface area contributed by atoms with Crippen molar-refractivity contribution in [3.05, 3.63) is 16.0 Å². The molecule has 1 aromatic rings. The maximum absolute atomic E-state index is 11.5. The van der Waals surface area contributed by atoms with Crippen LogP contribution >= 0.6 is 22.9 Å². The second-order valence-corrected chi connectivity index (χ2v) is 5.15. The van der Waals surface area contributed by atoms with Crippen LogP contribution in [0.4, 0.5) is 5.00 Å². The Morgan fingerprint density at radius 3 is 2.59 bits per heavy atom. The Morgan fingerprint density at radius 2 is 2.12 bits per heavy atom. The molecular formula is C11H15ClN2O2S. The van der Waals surface area contributed by atoms with Crippen LogP contribution in [0.2, 0.25) is 0 Å². The quantitative estimate of drug-likeness (QED) is 0.809. The van der Waals surface area contributed by atoms with Crippen LogP contribution in [-0.4, -0.2) is 17.7 Å². The number of anilines is 1. The lowest BCUT2D eigenvalue weighted by atomic mass is 10.1. The fourth-order valence-electron chi connectivity index (χ4n) is 1.63. The van der Waals surface area contributed by atoms with E-state index in [0.29, 0.717) is 17.0 Å². The fourth-order valence-corrected chi connectivity index (χ4v) is 2.97. The van der Waals surface area contributed by atoms with Gasteiger partial charge in [0.2, 0.25) is 5.91 Å². The summed E-state index contributed by atoms with van der Waals surface area (Å²) in [5, 5.41) is 3.21. The molecule has 6 heteroatoms. The summed E-state index contributed by atoms with van der Waals surface area (Å²) in [6, 6.07) is 0. The van der Waals surface area contributed by atoms with Gasteiger partial charge in [-0.15, -0.1) is 22.9 Å². The molecule has 0 fully saturated rings. The zero-order chi connectivity index (χ0) is 13.0. The fraction of sp³-hybridized carbons (Fsp3) is 0.455. The molecule has 0 saturated carbocycles. The highest BCUT2D eigenvalue weighted by atomic mass is 35.5. The number of aryl methyl sites for hydroxylation is 1. The van der Waals surface area contributed by atoms with Gasteiger partial charge < -0.3 is 11.1 Å². The van der Waals surface area contributed by atoms with Crippen LogP contribution in [0.25, 0.3) is 0 Å². The molecule has 2 amide bonds. The molecule has 0 spiro atoms. The van der Waals surface area contributed by atoms with Gasteiger partial charge in [0.1, 0.15) is 5.00 Å². The van der Waals surface area contributed by atoms with E-state index in [1.165, 1.54) is 11.3 Å². The molecule has 94 valence electrons. The average Bonchev–Trinajstić information content (AvgIpc) is 2.54. The highest BCUT2D eigenvalue weighted by Gasteiger charge is 2.20. The van der Waals surface area contributed by atoms with E-state index >= 15 is 0 Å². The Bertz CT molecular complexity index is 443. The number of nitrogens with one attached hydrogen (secondary N) is 1. The van der Waals surface area contributed by atoms with Gasteiger partial charge in [-0.2, -0.15) is 0 Å². The number of amides is 2. The van der Waals surface area contributed by atoms with Gasteiger partial charge >= 0.3 is 0 Å². The topological polar surface area (TPSA) is 72.2 Å². The maximum Gasteiger partial charge on any atom is 0.251 e. The van der Waals surface area contributed by atoms with E-state index in [-0.39, 0.29) is 18.2 Å². The largest absolute Gasteiger partial charge is 0.365 e. The Morgan fingerprint density at radius 1 is 1.47 bits per heavy atom. The molecule has 0 saturated heterocycles. The van der Waals surface area contributed by atoms with Crippen LogP contribution in [0.3, 0.4) is 0 Å². The van der Waals surface area contributed by atoms with Crippen molar-refractivity contribution in [2.75, 3.05) is 11.2 Å². The summed E-state index contributed by atoms with van der Waals surface area (Å²) in [6.45, 7) is 3.86. The van der Waals surface area contributed by atoms with Crippen LogP contribution in [0, 0.1) is 6.92 Å². The molecule has 3 N–H and O–H groups in total. The molecule has 0 aliphatic rings. The molecule has 0 bridgehead atoms. The first-order valence-corrected chi connectivity index (χ1v) is 6.64. The number of carbonyl (C=O) groups is 2. The zero-order valence-corrected chi connectivity index (χ0v) is 11.4. The van der Waals surface area contributed by atoms with Crippen LogP contribution < -0.4 is 11.1 Å². The normalized spacial score (nSPS) is 10.3. The molecule has 0 atom stereocenters.